The van der Waals surface area contributed by atoms with Crippen LogP contribution in [0.3, 0.4) is 0 Å². The summed E-state index contributed by atoms with van der Waals surface area (Å²) in [6.07, 6.45) is -4.56. The average molecular weight is 417 g/mol. The van der Waals surface area contributed by atoms with E-state index >= 15 is 0 Å². The molecule has 0 aliphatic carbocycles. The molecule has 4 atom stereocenters. The number of aliphatic carboxylic acids is 1. The Morgan fingerprint density at radius 3 is 1.93 bits per heavy atom. The second-order valence-electron chi connectivity index (χ2n) is 7.73. The first-order chi connectivity index (χ1) is 13.5. The van der Waals surface area contributed by atoms with Gasteiger partial charge in [-0.3, -0.25) is 9.59 Å². The molecule has 1 saturated heterocycles. The zero-order valence-electron chi connectivity index (χ0n) is 17.6. The molecule has 0 aromatic heterocycles. The first-order valence-corrected chi connectivity index (χ1v) is 9.72. The van der Waals surface area contributed by atoms with E-state index in [0.717, 1.165) is 0 Å². The van der Waals surface area contributed by atoms with E-state index < -0.39 is 54.0 Å². The molecule has 2 N–H and O–H groups in total. The van der Waals surface area contributed by atoms with Crippen molar-refractivity contribution in [1.29, 1.82) is 0 Å². The Labute approximate surface area is 170 Å². The molecule has 0 spiro atoms. The van der Waals surface area contributed by atoms with E-state index in [9.17, 15) is 24.3 Å². The lowest BCUT2D eigenvalue weighted by molar-refractivity contribution is -0.170. The third kappa shape index (κ3) is 8.26. The Balaban J connectivity index is 2.97. The zero-order chi connectivity index (χ0) is 22.2. The van der Waals surface area contributed by atoms with Crippen molar-refractivity contribution < 1.29 is 43.2 Å². The van der Waals surface area contributed by atoms with Crippen molar-refractivity contribution >= 4 is 24.0 Å². The van der Waals surface area contributed by atoms with Crippen LogP contribution in [0.4, 0.5) is 4.79 Å². The van der Waals surface area contributed by atoms with Crippen LogP contribution in [0.2, 0.25) is 0 Å². The molecule has 166 valence electrons. The highest BCUT2D eigenvalue weighted by Gasteiger charge is 2.52. The van der Waals surface area contributed by atoms with Crippen molar-refractivity contribution in [1.82, 2.24) is 5.32 Å². The number of carbonyl (C=O) groups excluding carboxylic acids is 3. The quantitative estimate of drug-likeness (QED) is 0.425. The number of carboxylic acid groups (broad SMARTS) is 1. The highest BCUT2D eigenvalue weighted by Crippen LogP contribution is 2.28. The Kier molecular flexibility index (Phi) is 9.35. The minimum absolute atomic E-state index is 0.0826. The number of hydrogen-bond acceptors (Lipinski definition) is 8. The number of rotatable bonds is 9. The molecule has 29 heavy (non-hydrogen) atoms. The summed E-state index contributed by atoms with van der Waals surface area (Å²) in [4.78, 5) is 47.5. The molecule has 0 radical (unpaired) electrons. The largest absolute Gasteiger partial charge is 0.479 e. The summed E-state index contributed by atoms with van der Waals surface area (Å²) in [6, 6.07) is 0. The van der Waals surface area contributed by atoms with Crippen molar-refractivity contribution in [2.75, 3.05) is 6.54 Å². The maximum Gasteiger partial charge on any atom is 0.407 e. The molecule has 0 bridgehead atoms. The molecular formula is C19H31NO9. The summed E-state index contributed by atoms with van der Waals surface area (Å²) >= 11 is 0. The van der Waals surface area contributed by atoms with Gasteiger partial charge >= 0.3 is 24.0 Å². The fourth-order valence-electron chi connectivity index (χ4n) is 2.69. The van der Waals surface area contributed by atoms with Gasteiger partial charge in [0.1, 0.15) is 11.7 Å². The predicted octanol–water partition coefficient (Wildman–Crippen LogP) is 1.79. The number of hydrogen-bond donors (Lipinski definition) is 2. The topological polar surface area (TPSA) is 137 Å². The molecule has 0 saturated carbocycles. The number of nitrogens with one attached hydrogen (secondary N) is 1. The summed E-state index contributed by atoms with van der Waals surface area (Å²) in [5, 5.41) is 11.9. The maximum absolute atomic E-state index is 12.0. The van der Waals surface area contributed by atoms with E-state index in [-0.39, 0.29) is 19.4 Å². The molecule has 1 rings (SSSR count). The highest BCUT2D eigenvalue weighted by atomic mass is 16.6. The molecule has 0 unspecified atom stereocenters. The molecular weight excluding hydrogens is 386 g/mol. The summed E-state index contributed by atoms with van der Waals surface area (Å²) in [5.41, 5.74) is -0.727. The van der Waals surface area contributed by atoms with Gasteiger partial charge in [0.15, 0.2) is 18.3 Å². The van der Waals surface area contributed by atoms with Crippen LogP contribution in [0.15, 0.2) is 0 Å². The third-order valence-corrected chi connectivity index (χ3v) is 3.84. The third-order valence-electron chi connectivity index (χ3n) is 3.84. The molecule has 1 aliphatic heterocycles. The van der Waals surface area contributed by atoms with Crippen molar-refractivity contribution in [3.63, 3.8) is 0 Å². The van der Waals surface area contributed by atoms with Crippen LogP contribution in [0, 0.1) is 0 Å². The first-order valence-electron chi connectivity index (χ1n) is 9.72. The number of carbonyl (C=O) groups is 4. The molecule has 1 heterocycles. The van der Waals surface area contributed by atoms with E-state index in [4.69, 9.17) is 18.9 Å². The van der Waals surface area contributed by atoms with Gasteiger partial charge in [0.05, 0.1) is 6.54 Å². The fraction of sp³-hybridized carbons (Fsp3) is 0.789. The smallest absolute Gasteiger partial charge is 0.407 e. The summed E-state index contributed by atoms with van der Waals surface area (Å²) in [6.45, 7) is 8.44. The number of carboxylic acids is 1. The van der Waals surface area contributed by atoms with Gasteiger partial charge in [-0.05, 0) is 33.6 Å². The van der Waals surface area contributed by atoms with Gasteiger partial charge in [0.2, 0.25) is 0 Å². The van der Waals surface area contributed by atoms with Crippen LogP contribution < -0.4 is 5.32 Å². The average Bonchev–Trinajstić information content (AvgIpc) is 2.89. The standard InChI is InChI=1S/C19H31NO9/c1-6-8-12(21)27-14-11(10-20-18(25)29-19(3,4)5)26-16(17(23)24)15(14)28-13(22)9-7-2/h11,14-16H,6-10H2,1-5H3,(H,20,25)(H,23,24)/t11-,14-,15+,16-/m1/s1. The number of esters is 2. The minimum Gasteiger partial charge on any atom is -0.479 e. The minimum atomic E-state index is -1.53. The van der Waals surface area contributed by atoms with E-state index in [1.165, 1.54) is 0 Å². The summed E-state index contributed by atoms with van der Waals surface area (Å²) < 4.78 is 21.2. The van der Waals surface area contributed by atoms with Crippen molar-refractivity contribution in [2.45, 2.75) is 90.3 Å². The molecule has 1 fully saturated rings. The van der Waals surface area contributed by atoms with E-state index in [1.54, 1.807) is 34.6 Å². The van der Waals surface area contributed by atoms with Gasteiger partial charge in [-0.15, -0.1) is 0 Å². The van der Waals surface area contributed by atoms with E-state index in [1.807, 2.05) is 0 Å². The molecule has 0 aromatic carbocycles. The van der Waals surface area contributed by atoms with Crippen LogP contribution >= 0.6 is 0 Å². The van der Waals surface area contributed by atoms with Crippen molar-refractivity contribution in [3.05, 3.63) is 0 Å². The van der Waals surface area contributed by atoms with Crippen LogP contribution in [-0.4, -0.2) is 65.7 Å². The summed E-state index contributed by atoms with van der Waals surface area (Å²) in [7, 11) is 0. The monoisotopic (exact) mass is 417 g/mol. The molecule has 1 amide bonds. The second kappa shape index (κ2) is 11.0. The van der Waals surface area contributed by atoms with Gasteiger partial charge in [-0.25, -0.2) is 9.59 Å². The molecule has 10 heteroatoms. The van der Waals surface area contributed by atoms with Gasteiger partial charge in [-0.1, -0.05) is 13.8 Å². The molecule has 10 nitrogen and oxygen atoms in total. The van der Waals surface area contributed by atoms with E-state index in [2.05, 4.69) is 5.32 Å². The van der Waals surface area contributed by atoms with Crippen LogP contribution in [-0.2, 0) is 33.3 Å². The Morgan fingerprint density at radius 2 is 1.48 bits per heavy atom. The van der Waals surface area contributed by atoms with Crippen molar-refractivity contribution in [3.8, 4) is 0 Å². The maximum atomic E-state index is 12.0. The van der Waals surface area contributed by atoms with Crippen molar-refractivity contribution in [2.24, 2.45) is 0 Å². The van der Waals surface area contributed by atoms with Crippen LogP contribution in [0.1, 0.15) is 60.3 Å². The number of amides is 1. The van der Waals surface area contributed by atoms with E-state index in [0.29, 0.717) is 12.8 Å². The fourth-order valence-corrected chi connectivity index (χ4v) is 2.69. The number of alkyl carbamates (subject to hydrolysis) is 1. The normalized spacial score (nSPS) is 23.9. The zero-order valence-corrected chi connectivity index (χ0v) is 17.6. The van der Waals surface area contributed by atoms with Gasteiger partial charge in [0.25, 0.3) is 0 Å². The predicted molar refractivity (Wildman–Crippen MR) is 100 cm³/mol. The SMILES string of the molecule is CCCC(=O)O[C@H]1[C@H](OC(=O)CCC)[C@H](C(=O)O)O[C@@H]1CNC(=O)OC(C)(C)C. The lowest BCUT2D eigenvalue weighted by atomic mass is 10.1. The first kappa shape index (κ1) is 24.7. The Hall–Kier alpha value is -2.36. The Bertz CT molecular complexity index is 599. The van der Waals surface area contributed by atoms with Gasteiger partial charge < -0.3 is 29.4 Å². The lowest BCUT2D eigenvalue weighted by Crippen LogP contribution is -2.45. The summed E-state index contributed by atoms with van der Waals surface area (Å²) in [5.74, 6) is -2.56. The lowest BCUT2D eigenvalue weighted by Gasteiger charge is -2.24. The molecule has 1 aliphatic rings. The molecule has 0 aromatic rings. The van der Waals surface area contributed by atoms with Crippen LogP contribution in [0.5, 0.6) is 0 Å². The second-order valence-corrected chi connectivity index (χ2v) is 7.73. The van der Waals surface area contributed by atoms with Gasteiger partial charge in [-0.2, -0.15) is 0 Å². The number of ether oxygens (including phenoxy) is 4. The van der Waals surface area contributed by atoms with Gasteiger partial charge in [0, 0.05) is 12.8 Å². The Morgan fingerprint density at radius 1 is 0.966 bits per heavy atom. The van der Waals surface area contributed by atoms with Crippen LogP contribution in [0.25, 0.3) is 0 Å². The highest BCUT2D eigenvalue weighted by molar-refractivity contribution is 5.76.